The molecular weight excluding hydrogens is 470 g/mol. The summed E-state index contributed by atoms with van der Waals surface area (Å²) >= 11 is 1.77. The van der Waals surface area contributed by atoms with Crippen LogP contribution in [-0.4, -0.2) is 24.7 Å². The number of ether oxygens (including phenoxy) is 2. The number of nitrogens with zero attached hydrogens (tertiary/aromatic N) is 1. The molecule has 5 nitrogen and oxygen atoms in total. The summed E-state index contributed by atoms with van der Waals surface area (Å²) in [4.78, 5) is 16.5. The zero-order valence-electron chi connectivity index (χ0n) is 21.1. The zero-order chi connectivity index (χ0) is 25.5. The number of rotatable bonds is 10. The number of fused-ring (bicyclic) bond motifs is 1. The van der Waals surface area contributed by atoms with Crippen LogP contribution in [0.15, 0.2) is 54.6 Å². The summed E-state index contributed by atoms with van der Waals surface area (Å²) in [6, 6.07) is 18.3. The van der Waals surface area contributed by atoms with Gasteiger partial charge in [-0.25, -0.2) is 0 Å². The minimum atomic E-state index is -0.814. The highest BCUT2D eigenvalue weighted by molar-refractivity contribution is 7.11. The molecule has 6 heteroatoms. The number of carbonyl (C=O) groups is 1. The van der Waals surface area contributed by atoms with E-state index in [0.717, 1.165) is 47.9 Å². The molecule has 0 radical (unpaired) electrons. The van der Waals surface area contributed by atoms with Crippen LogP contribution in [0.1, 0.15) is 53.5 Å². The number of hydrogen-bond acceptors (Lipinski definition) is 5. The number of benzene rings is 2. The molecule has 0 bridgehead atoms. The number of methoxy groups -OCH3 is 1. The maximum atomic E-state index is 11.7. The lowest BCUT2D eigenvalue weighted by Crippen LogP contribution is -2.28. The number of aryl methyl sites for hydroxylation is 1. The second-order valence-corrected chi connectivity index (χ2v) is 10.2. The van der Waals surface area contributed by atoms with Crippen LogP contribution in [0.3, 0.4) is 0 Å². The van der Waals surface area contributed by atoms with E-state index in [1.165, 1.54) is 16.1 Å². The average Bonchev–Trinajstić information content (AvgIpc) is 3.34. The summed E-state index contributed by atoms with van der Waals surface area (Å²) in [5, 5.41) is 9.58. The molecule has 0 saturated carbocycles. The molecule has 188 valence electrons. The van der Waals surface area contributed by atoms with Gasteiger partial charge < -0.3 is 19.5 Å². The average molecular weight is 504 g/mol. The monoisotopic (exact) mass is 503 g/mol. The standard InChI is InChI=1S/C30H33NO4S/c1-4-8-27(26(5-2)30(32)33)21-12-14-23(15-13-21)35-20-25-17-16-24(36-25)19-31-18-7-10-22-9-6-11-28(34-3)29(22)31/h6,9,11-17,26-27H,5,7,10,18-20H2,1-3H3,(H,32,33)/t26?,27-/m1/s1. The SMILES string of the molecule is CC#C[C@H](c1ccc(OCc2ccc(CN3CCCc4cccc(OC)c43)s2)cc1)C(CC)C(=O)O. The van der Waals surface area contributed by atoms with E-state index >= 15 is 0 Å². The molecule has 1 N–H and O–H groups in total. The van der Waals surface area contributed by atoms with Crippen LogP contribution in [0.2, 0.25) is 0 Å². The summed E-state index contributed by atoms with van der Waals surface area (Å²) in [5.41, 5.74) is 3.48. The molecule has 3 aromatic rings. The van der Waals surface area contributed by atoms with Crippen molar-refractivity contribution in [3.8, 4) is 23.3 Å². The topological polar surface area (TPSA) is 59.0 Å². The van der Waals surface area contributed by atoms with Gasteiger partial charge in [0.2, 0.25) is 0 Å². The fourth-order valence-electron chi connectivity index (χ4n) is 4.85. The lowest BCUT2D eigenvalue weighted by atomic mass is 9.84. The number of thiophene rings is 1. The van der Waals surface area contributed by atoms with Crippen LogP contribution in [-0.2, 0) is 24.4 Å². The first kappa shape index (κ1) is 25.7. The molecule has 0 saturated heterocycles. The van der Waals surface area contributed by atoms with Crippen LogP contribution < -0.4 is 14.4 Å². The summed E-state index contributed by atoms with van der Waals surface area (Å²) in [5.74, 6) is 5.99. The molecule has 1 aliphatic rings. The fourth-order valence-corrected chi connectivity index (χ4v) is 5.79. The van der Waals surface area contributed by atoms with Gasteiger partial charge in [0.1, 0.15) is 18.1 Å². The van der Waals surface area contributed by atoms with Gasteiger partial charge in [0.15, 0.2) is 0 Å². The van der Waals surface area contributed by atoms with E-state index in [0.29, 0.717) is 13.0 Å². The number of anilines is 1. The Labute approximate surface area is 217 Å². The Bertz CT molecular complexity index is 1220. The van der Waals surface area contributed by atoms with Gasteiger partial charge in [0.25, 0.3) is 0 Å². The molecule has 1 aromatic heterocycles. The number of carboxylic acid groups (broad SMARTS) is 1. The fraction of sp³-hybridized carbons (Fsp3) is 0.367. The van der Waals surface area contributed by atoms with E-state index in [-0.39, 0.29) is 5.92 Å². The maximum absolute atomic E-state index is 11.7. The minimum absolute atomic E-state index is 0.329. The van der Waals surface area contributed by atoms with Crippen molar-refractivity contribution >= 4 is 23.0 Å². The van der Waals surface area contributed by atoms with Gasteiger partial charge in [-0.3, -0.25) is 4.79 Å². The highest BCUT2D eigenvalue weighted by Crippen LogP contribution is 2.37. The lowest BCUT2D eigenvalue weighted by molar-refractivity contribution is -0.142. The van der Waals surface area contributed by atoms with Gasteiger partial charge in [-0.1, -0.05) is 37.1 Å². The predicted molar refractivity (Wildman–Crippen MR) is 145 cm³/mol. The smallest absolute Gasteiger partial charge is 0.308 e. The number of carboxylic acids is 1. The molecule has 36 heavy (non-hydrogen) atoms. The highest BCUT2D eigenvalue weighted by atomic mass is 32.1. The van der Waals surface area contributed by atoms with Gasteiger partial charge in [0.05, 0.1) is 31.2 Å². The van der Waals surface area contributed by atoms with Gasteiger partial charge in [0, 0.05) is 16.3 Å². The normalized spacial score (nSPS) is 14.2. The van der Waals surface area contributed by atoms with E-state index in [9.17, 15) is 9.90 Å². The molecule has 0 aliphatic carbocycles. The van der Waals surface area contributed by atoms with Crippen molar-refractivity contribution < 1.29 is 19.4 Å². The Morgan fingerprint density at radius 1 is 1.14 bits per heavy atom. The molecule has 0 fully saturated rings. The Morgan fingerprint density at radius 3 is 2.61 bits per heavy atom. The van der Waals surface area contributed by atoms with Crippen molar-refractivity contribution in [1.82, 2.24) is 0 Å². The Balaban J connectivity index is 1.39. The van der Waals surface area contributed by atoms with Crippen LogP contribution in [0.5, 0.6) is 11.5 Å². The molecule has 4 rings (SSSR count). The third kappa shape index (κ3) is 5.85. The first-order valence-electron chi connectivity index (χ1n) is 12.4. The number of hydrogen-bond donors (Lipinski definition) is 1. The van der Waals surface area contributed by atoms with E-state index in [2.05, 4.69) is 41.0 Å². The number of para-hydroxylation sites is 1. The maximum Gasteiger partial charge on any atom is 0.308 e. The van der Waals surface area contributed by atoms with E-state index in [1.807, 2.05) is 37.3 Å². The molecule has 2 atom stereocenters. The van der Waals surface area contributed by atoms with Crippen molar-refractivity contribution in [2.45, 2.75) is 52.2 Å². The first-order valence-corrected chi connectivity index (χ1v) is 13.2. The van der Waals surface area contributed by atoms with Crippen molar-refractivity contribution in [3.63, 3.8) is 0 Å². The Hall–Kier alpha value is -3.43. The largest absolute Gasteiger partial charge is 0.495 e. The molecular formula is C30H33NO4S. The molecule has 1 unspecified atom stereocenters. The Morgan fingerprint density at radius 2 is 1.92 bits per heavy atom. The summed E-state index contributed by atoms with van der Waals surface area (Å²) in [6.07, 6.45) is 2.77. The van der Waals surface area contributed by atoms with Crippen LogP contribution >= 0.6 is 11.3 Å². The number of aliphatic carboxylic acids is 1. The zero-order valence-corrected chi connectivity index (χ0v) is 21.9. The van der Waals surface area contributed by atoms with Crippen LogP contribution in [0.25, 0.3) is 0 Å². The van der Waals surface area contributed by atoms with E-state index in [1.54, 1.807) is 25.4 Å². The van der Waals surface area contributed by atoms with Crippen molar-refractivity contribution in [2.24, 2.45) is 5.92 Å². The minimum Gasteiger partial charge on any atom is -0.495 e. The van der Waals surface area contributed by atoms with Gasteiger partial charge >= 0.3 is 5.97 Å². The Kier molecular flexibility index (Phi) is 8.56. The van der Waals surface area contributed by atoms with Crippen LogP contribution in [0, 0.1) is 17.8 Å². The third-order valence-electron chi connectivity index (χ3n) is 6.64. The lowest BCUT2D eigenvalue weighted by Gasteiger charge is -2.32. The van der Waals surface area contributed by atoms with Crippen molar-refractivity contribution in [3.05, 3.63) is 75.5 Å². The molecule has 0 spiro atoms. The van der Waals surface area contributed by atoms with Gasteiger partial charge in [-0.15, -0.1) is 17.3 Å². The first-order chi connectivity index (χ1) is 17.5. The molecule has 2 aromatic carbocycles. The predicted octanol–water partition coefficient (Wildman–Crippen LogP) is 6.51. The van der Waals surface area contributed by atoms with Gasteiger partial charge in [-0.05, 0) is 67.6 Å². The molecule has 1 aliphatic heterocycles. The molecule has 2 heterocycles. The van der Waals surface area contributed by atoms with Crippen molar-refractivity contribution in [1.29, 1.82) is 0 Å². The molecule has 0 amide bonds. The summed E-state index contributed by atoms with van der Waals surface area (Å²) < 4.78 is 11.7. The van der Waals surface area contributed by atoms with Gasteiger partial charge in [-0.2, -0.15) is 0 Å². The highest BCUT2D eigenvalue weighted by Gasteiger charge is 2.26. The summed E-state index contributed by atoms with van der Waals surface area (Å²) in [6.45, 7) is 6.00. The third-order valence-corrected chi connectivity index (χ3v) is 7.68. The van der Waals surface area contributed by atoms with Crippen LogP contribution in [0.4, 0.5) is 5.69 Å². The van der Waals surface area contributed by atoms with E-state index in [4.69, 9.17) is 9.47 Å². The summed E-state index contributed by atoms with van der Waals surface area (Å²) in [7, 11) is 1.74. The second-order valence-electron chi connectivity index (χ2n) is 8.94. The van der Waals surface area contributed by atoms with Crippen molar-refractivity contribution in [2.75, 3.05) is 18.6 Å². The quantitative estimate of drug-likeness (QED) is 0.320. The van der Waals surface area contributed by atoms with E-state index < -0.39 is 11.9 Å². The second kappa shape index (κ2) is 12.0.